The molecule has 4 aliphatic carbocycles. The molecule has 0 bridgehead atoms. The van der Waals surface area contributed by atoms with Crippen molar-refractivity contribution in [3.8, 4) is 0 Å². The molecule has 2 fully saturated rings. The van der Waals surface area contributed by atoms with Crippen molar-refractivity contribution in [3.05, 3.63) is 54.2 Å². The fourth-order valence-corrected chi connectivity index (χ4v) is 7.02. The van der Waals surface area contributed by atoms with E-state index in [2.05, 4.69) is 55.7 Å². The summed E-state index contributed by atoms with van der Waals surface area (Å²) in [6.07, 6.45) is 21.0. The van der Waals surface area contributed by atoms with Crippen LogP contribution in [0.3, 0.4) is 0 Å². The Bertz CT molecular complexity index is 736. The van der Waals surface area contributed by atoms with Gasteiger partial charge in [-0.2, -0.15) is 12.8 Å². The zero-order valence-corrected chi connectivity index (χ0v) is 19.1. The van der Waals surface area contributed by atoms with Gasteiger partial charge in [-0.3, -0.25) is 4.98 Å². The number of allylic oxidation sites excluding steroid dienone is 4. The van der Waals surface area contributed by atoms with Crippen LogP contribution in [0.1, 0.15) is 64.4 Å². The smallest absolute Gasteiger partial charge is 0.0343 e. The maximum atomic E-state index is 4.39. The molecule has 0 spiro atoms. The molecule has 1 radical (unpaired) electrons. The van der Waals surface area contributed by atoms with E-state index in [9.17, 15) is 0 Å². The van der Waals surface area contributed by atoms with Gasteiger partial charge < -0.3 is 6.42 Å². The third kappa shape index (κ3) is 2.67. The first-order valence-corrected chi connectivity index (χ1v) is 10.3. The topological polar surface area (TPSA) is 12.9 Å². The monoisotopic (exact) mass is 421 g/mol. The zero-order chi connectivity index (χ0) is 17.1. The molecule has 4 aliphatic rings. The maximum absolute atomic E-state index is 4.39. The molecule has 0 aromatic carbocycles. The Kier molecular flexibility index (Phi) is 5.11. The Morgan fingerprint density at radius 1 is 1.08 bits per heavy atom. The fourth-order valence-electron chi connectivity index (χ4n) is 7.02. The van der Waals surface area contributed by atoms with Crippen molar-refractivity contribution in [2.75, 3.05) is 0 Å². The van der Waals surface area contributed by atoms with E-state index in [1.165, 1.54) is 50.5 Å². The van der Waals surface area contributed by atoms with E-state index in [0.29, 0.717) is 10.8 Å². The van der Waals surface area contributed by atoms with Gasteiger partial charge in [0.05, 0.1) is 0 Å². The standard InChI is InChI=1S/C24H30N.Y/c1-23-13-4-3-7-18(23)8-9-19-21-11-10-20(17-6-5-15-25-16-17)24(21,2)14-12-22(19)23;/h3,5-6,8,10,15-16,19,21-22H,4,7,9,11-14H2,1-2H3;/q-1;/t19?,21?,22?,23-,24+;/m0./s1. The third-order valence-corrected chi connectivity index (χ3v) is 8.41. The number of hydrogen-bond acceptors (Lipinski definition) is 1. The summed E-state index contributed by atoms with van der Waals surface area (Å²) >= 11 is 0. The van der Waals surface area contributed by atoms with Crippen LogP contribution in [-0.4, -0.2) is 4.98 Å². The zero-order valence-electron chi connectivity index (χ0n) is 16.2. The molecule has 135 valence electrons. The van der Waals surface area contributed by atoms with Gasteiger partial charge in [0.25, 0.3) is 0 Å². The van der Waals surface area contributed by atoms with Crippen LogP contribution in [0, 0.1) is 35.0 Å². The van der Waals surface area contributed by atoms with Gasteiger partial charge >= 0.3 is 0 Å². The molecule has 2 heteroatoms. The van der Waals surface area contributed by atoms with Crippen molar-refractivity contribution in [1.29, 1.82) is 0 Å². The number of pyridine rings is 1. The van der Waals surface area contributed by atoms with Crippen molar-refractivity contribution >= 4 is 5.57 Å². The van der Waals surface area contributed by atoms with Crippen LogP contribution in [0.15, 0.2) is 42.3 Å². The summed E-state index contributed by atoms with van der Waals surface area (Å²) in [6, 6.07) is 4.35. The van der Waals surface area contributed by atoms with Gasteiger partial charge in [0.15, 0.2) is 0 Å². The molecule has 5 atom stereocenters. The summed E-state index contributed by atoms with van der Waals surface area (Å²) in [5.41, 5.74) is 5.54. The van der Waals surface area contributed by atoms with Gasteiger partial charge in [-0.1, -0.05) is 44.1 Å². The Morgan fingerprint density at radius 3 is 2.77 bits per heavy atom. The largest absolute Gasteiger partial charge is 0.325 e. The van der Waals surface area contributed by atoms with Crippen LogP contribution in [0.4, 0.5) is 0 Å². The summed E-state index contributed by atoms with van der Waals surface area (Å²) in [6.45, 7) is 5.14. The van der Waals surface area contributed by atoms with Crippen LogP contribution < -0.4 is 0 Å². The Morgan fingerprint density at radius 2 is 1.96 bits per heavy atom. The first-order valence-electron chi connectivity index (χ1n) is 10.3. The van der Waals surface area contributed by atoms with Gasteiger partial charge in [0.2, 0.25) is 0 Å². The minimum absolute atomic E-state index is 0. The summed E-state index contributed by atoms with van der Waals surface area (Å²) in [5, 5.41) is 0. The number of hydrogen-bond donors (Lipinski definition) is 0. The van der Waals surface area contributed by atoms with Crippen LogP contribution in [0.5, 0.6) is 0 Å². The van der Waals surface area contributed by atoms with Gasteiger partial charge in [0.1, 0.15) is 0 Å². The van der Waals surface area contributed by atoms with Crippen LogP contribution >= 0.6 is 0 Å². The molecular weight excluding hydrogens is 391 g/mol. The summed E-state index contributed by atoms with van der Waals surface area (Å²) in [4.78, 5) is 4.39. The van der Waals surface area contributed by atoms with Crippen molar-refractivity contribution in [2.24, 2.45) is 28.6 Å². The fraction of sp³-hybridized carbons (Fsp3) is 0.583. The molecule has 0 aliphatic heterocycles. The second-order valence-corrected chi connectivity index (χ2v) is 9.34. The van der Waals surface area contributed by atoms with E-state index in [4.69, 9.17) is 0 Å². The second-order valence-electron chi connectivity index (χ2n) is 9.34. The Balaban J connectivity index is 0.00000168. The predicted octanol–water partition coefficient (Wildman–Crippen LogP) is 6.24. The molecule has 1 nitrogen and oxygen atoms in total. The van der Waals surface area contributed by atoms with Crippen LogP contribution in [-0.2, 0) is 32.7 Å². The normalized spacial score (nSPS) is 41.1. The van der Waals surface area contributed by atoms with E-state index >= 15 is 0 Å². The average molecular weight is 421 g/mol. The molecule has 0 amide bonds. The molecule has 26 heavy (non-hydrogen) atoms. The molecule has 1 heterocycles. The minimum Gasteiger partial charge on any atom is -0.325 e. The van der Waals surface area contributed by atoms with Gasteiger partial charge in [-0.25, -0.2) is 0 Å². The first-order chi connectivity index (χ1) is 12.1. The summed E-state index contributed by atoms with van der Waals surface area (Å²) in [7, 11) is 0. The average Bonchev–Trinajstić information content (AvgIpc) is 2.99. The first kappa shape index (κ1) is 19.1. The Hall–Kier alpha value is -0.266. The summed E-state index contributed by atoms with van der Waals surface area (Å²) < 4.78 is 0. The van der Waals surface area contributed by atoms with Crippen LogP contribution in [0.25, 0.3) is 5.57 Å². The molecular formula is C24H30NY-. The maximum Gasteiger partial charge on any atom is 0.0343 e. The molecule has 0 N–H and O–H groups in total. The van der Waals surface area contributed by atoms with Crippen molar-refractivity contribution in [2.45, 2.75) is 58.8 Å². The molecule has 2 saturated carbocycles. The van der Waals surface area contributed by atoms with E-state index in [1.807, 2.05) is 6.20 Å². The molecule has 3 unspecified atom stereocenters. The van der Waals surface area contributed by atoms with E-state index in [-0.39, 0.29) is 32.7 Å². The second kappa shape index (κ2) is 6.96. The molecule has 0 saturated heterocycles. The Labute approximate surface area is 184 Å². The van der Waals surface area contributed by atoms with Crippen molar-refractivity contribution < 1.29 is 32.7 Å². The van der Waals surface area contributed by atoms with Crippen LogP contribution in [0.2, 0.25) is 0 Å². The number of fused-ring (bicyclic) bond motifs is 5. The number of aromatic nitrogens is 1. The molecule has 5 rings (SSSR count). The third-order valence-electron chi connectivity index (χ3n) is 8.41. The number of nitrogens with zero attached hydrogens (tertiary/aromatic N) is 1. The van der Waals surface area contributed by atoms with Crippen molar-refractivity contribution in [3.63, 3.8) is 0 Å². The quantitative estimate of drug-likeness (QED) is 0.386. The van der Waals surface area contributed by atoms with Gasteiger partial charge in [-0.15, -0.1) is 0 Å². The van der Waals surface area contributed by atoms with Gasteiger partial charge in [0, 0.05) is 45.1 Å². The SMILES string of the molecule is C[C@]12CC[CH-]CC1=CCC1C2CC[C@]2(C)C(c3cccnc3)=CCC12.[Y]. The van der Waals surface area contributed by atoms with Crippen molar-refractivity contribution in [1.82, 2.24) is 4.98 Å². The molecule has 1 aromatic rings. The van der Waals surface area contributed by atoms with Gasteiger partial charge in [-0.05, 0) is 71.5 Å². The predicted molar refractivity (Wildman–Crippen MR) is 104 cm³/mol. The summed E-state index contributed by atoms with van der Waals surface area (Å²) in [5.74, 6) is 2.60. The number of rotatable bonds is 1. The van der Waals surface area contributed by atoms with E-state index < -0.39 is 0 Å². The molecule has 1 aromatic heterocycles. The van der Waals surface area contributed by atoms with E-state index in [1.54, 1.807) is 11.1 Å². The van der Waals surface area contributed by atoms with E-state index in [0.717, 1.165) is 17.8 Å². The minimum atomic E-state index is 0.